The molecule has 0 spiro atoms. The lowest BCUT2D eigenvalue weighted by Crippen LogP contribution is -2.50. The highest BCUT2D eigenvalue weighted by Gasteiger charge is 2.24. The van der Waals surface area contributed by atoms with Crippen molar-refractivity contribution in [3.8, 4) is 0 Å². The molecule has 4 heteroatoms. The van der Waals surface area contributed by atoms with Crippen LogP contribution in [0.5, 0.6) is 0 Å². The first-order valence-corrected chi connectivity index (χ1v) is 6.93. The van der Waals surface area contributed by atoms with Crippen molar-refractivity contribution in [3.05, 3.63) is 0 Å². The quantitative estimate of drug-likeness (QED) is 0.809. The number of hydrogen-bond acceptors (Lipinski definition) is 3. The fraction of sp³-hybridized carbons (Fsp3) is 1.00. The van der Waals surface area contributed by atoms with Gasteiger partial charge >= 0.3 is 0 Å². The third kappa shape index (κ3) is 4.74. The summed E-state index contributed by atoms with van der Waals surface area (Å²) in [7, 11) is 0. The van der Waals surface area contributed by atoms with Gasteiger partial charge in [0.15, 0.2) is 0 Å². The van der Waals surface area contributed by atoms with Gasteiger partial charge < -0.3 is 16.0 Å². The van der Waals surface area contributed by atoms with Gasteiger partial charge in [-0.15, -0.1) is 12.4 Å². The molecule has 1 aliphatic heterocycles. The van der Waals surface area contributed by atoms with Crippen molar-refractivity contribution < 1.29 is 0 Å². The SMILES string of the molecule is CC1CN(C[C@@H]2CCC[C@H](CN)C2)CCN1.Cl. The Labute approximate surface area is 112 Å². The molecule has 2 rings (SSSR count). The van der Waals surface area contributed by atoms with Gasteiger partial charge in [-0.2, -0.15) is 0 Å². The Kier molecular flexibility index (Phi) is 6.78. The molecule has 17 heavy (non-hydrogen) atoms. The molecule has 0 radical (unpaired) electrons. The smallest absolute Gasteiger partial charge is 0.0167 e. The van der Waals surface area contributed by atoms with Crippen LogP contribution in [0.1, 0.15) is 32.6 Å². The lowest BCUT2D eigenvalue weighted by atomic mass is 9.81. The first-order valence-electron chi connectivity index (χ1n) is 6.93. The minimum Gasteiger partial charge on any atom is -0.330 e. The van der Waals surface area contributed by atoms with E-state index in [9.17, 15) is 0 Å². The molecule has 0 bridgehead atoms. The molecule has 1 saturated carbocycles. The number of hydrogen-bond donors (Lipinski definition) is 2. The van der Waals surface area contributed by atoms with Gasteiger partial charge in [-0.25, -0.2) is 0 Å². The van der Waals surface area contributed by atoms with E-state index in [2.05, 4.69) is 17.1 Å². The van der Waals surface area contributed by atoms with Crippen LogP contribution in [0, 0.1) is 11.8 Å². The highest BCUT2D eigenvalue weighted by atomic mass is 35.5. The maximum absolute atomic E-state index is 5.80. The van der Waals surface area contributed by atoms with Gasteiger partial charge in [0.2, 0.25) is 0 Å². The number of nitrogens with zero attached hydrogens (tertiary/aromatic N) is 1. The molecule has 2 fully saturated rings. The van der Waals surface area contributed by atoms with E-state index in [1.54, 1.807) is 0 Å². The lowest BCUT2D eigenvalue weighted by Gasteiger charge is -2.37. The summed E-state index contributed by atoms with van der Waals surface area (Å²) in [5, 5.41) is 3.51. The fourth-order valence-corrected chi connectivity index (χ4v) is 3.33. The Morgan fingerprint density at radius 2 is 2.06 bits per heavy atom. The molecule has 1 heterocycles. The molecule has 0 amide bonds. The van der Waals surface area contributed by atoms with Crippen LogP contribution >= 0.6 is 12.4 Å². The Hall–Kier alpha value is 0.170. The van der Waals surface area contributed by atoms with Crippen LogP contribution in [-0.2, 0) is 0 Å². The van der Waals surface area contributed by atoms with Crippen LogP contribution in [0.25, 0.3) is 0 Å². The van der Waals surface area contributed by atoms with Crippen LogP contribution < -0.4 is 11.1 Å². The van der Waals surface area contributed by atoms with Crippen LogP contribution in [0.4, 0.5) is 0 Å². The predicted octanol–water partition coefficient (Wildman–Crippen LogP) is 1.47. The number of piperazine rings is 1. The average Bonchev–Trinajstić information content (AvgIpc) is 2.29. The maximum atomic E-state index is 5.80. The molecule has 3 N–H and O–H groups in total. The molecule has 102 valence electrons. The van der Waals surface area contributed by atoms with Crippen molar-refractivity contribution in [2.45, 2.75) is 38.6 Å². The molecule has 1 saturated heterocycles. The normalized spacial score (nSPS) is 35.3. The Bertz CT molecular complexity index is 213. The minimum atomic E-state index is 0. The molecule has 0 aromatic heterocycles. The van der Waals surface area contributed by atoms with E-state index in [4.69, 9.17) is 5.73 Å². The molecule has 3 nitrogen and oxygen atoms in total. The van der Waals surface area contributed by atoms with Crippen LogP contribution in [0.2, 0.25) is 0 Å². The molecule has 1 aliphatic carbocycles. The van der Waals surface area contributed by atoms with Crippen LogP contribution in [-0.4, -0.2) is 43.7 Å². The highest BCUT2D eigenvalue weighted by molar-refractivity contribution is 5.85. The molecule has 0 aromatic rings. The zero-order valence-electron chi connectivity index (χ0n) is 11.0. The number of nitrogens with two attached hydrogens (primary N) is 1. The van der Waals surface area contributed by atoms with E-state index in [0.29, 0.717) is 6.04 Å². The topological polar surface area (TPSA) is 41.3 Å². The second-order valence-corrected chi connectivity index (χ2v) is 5.75. The van der Waals surface area contributed by atoms with Crippen molar-refractivity contribution >= 4 is 12.4 Å². The first-order chi connectivity index (χ1) is 7.78. The summed E-state index contributed by atoms with van der Waals surface area (Å²) >= 11 is 0. The second-order valence-electron chi connectivity index (χ2n) is 5.75. The summed E-state index contributed by atoms with van der Waals surface area (Å²) in [5.41, 5.74) is 5.80. The van der Waals surface area contributed by atoms with Crippen LogP contribution in [0.3, 0.4) is 0 Å². The largest absolute Gasteiger partial charge is 0.330 e. The summed E-state index contributed by atoms with van der Waals surface area (Å²) in [5.74, 6) is 1.71. The Balaban J connectivity index is 0.00000144. The van der Waals surface area contributed by atoms with E-state index < -0.39 is 0 Å². The van der Waals surface area contributed by atoms with Crippen molar-refractivity contribution in [2.24, 2.45) is 17.6 Å². The molecule has 3 atom stereocenters. The second kappa shape index (κ2) is 7.57. The van der Waals surface area contributed by atoms with Crippen molar-refractivity contribution in [1.29, 1.82) is 0 Å². The highest BCUT2D eigenvalue weighted by Crippen LogP contribution is 2.29. The number of nitrogens with one attached hydrogen (secondary N) is 1. The summed E-state index contributed by atoms with van der Waals surface area (Å²) in [6.45, 7) is 8.11. The Morgan fingerprint density at radius 1 is 1.29 bits per heavy atom. The first kappa shape index (κ1) is 15.2. The van der Waals surface area contributed by atoms with Gasteiger partial charge in [-0.1, -0.05) is 6.42 Å². The maximum Gasteiger partial charge on any atom is 0.0167 e. The zero-order valence-corrected chi connectivity index (χ0v) is 11.8. The van der Waals surface area contributed by atoms with Gasteiger partial charge in [0.1, 0.15) is 0 Å². The van der Waals surface area contributed by atoms with Gasteiger partial charge in [0.25, 0.3) is 0 Å². The monoisotopic (exact) mass is 261 g/mol. The third-order valence-corrected chi connectivity index (χ3v) is 4.19. The predicted molar refractivity (Wildman–Crippen MR) is 75.7 cm³/mol. The van der Waals surface area contributed by atoms with E-state index in [-0.39, 0.29) is 12.4 Å². The van der Waals surface area contributed by atoms with E-state index in [1.165, 1.54) is 45.3 Å². The van der Waals surface area contributed by atoms with Gasteiger partial charge in [-0.3, -0.25) is 0 Å². The molecular weight excluding hydrogens is 234 g/mol. The summed E-state index contributed by atoms with van der Waals surface area (Å²) in [4.78, 5) is 2.64. The average molecular weight is 262 g/mol. The van der Waals surface area contributed by atoms with E-state index >= 15 is 0 Å². The summed E-state index contributed by atoms with van der Waals surface area (Å²) in [6, 6.07) is 0.669. The van der Waals surface area contributed by atoms with E-state index in [1.807, 2.05) is 0 Å². The molecule has 2 aliphatic rings. The number of rotatable bonds is 3. The Morgan fingerprint density at radius 3 is 2.76 bits per heavy atom. The summed E-state index contributed by atoms with van der Waals surface area (Å²) < 4.78 is 0. The van der Waals surface area contributed by atoms with E-state index in [0.717, 1.165) is 24.9 Å². The van der Waals surface area contributed by atoms with Gasteiger partial charge in [0.05, 0.1) is 0 Å². The van der Waals surface area contributed by atoms with Crippen molar-refractivity contribution in [1.82, 2.24) is 10.2 Å². The van der Waals surface area contributed by atoms with Crippen LogP contribution in [0.15, 0.2) is 0 Å². The zero-order chi connectivity index (χ0) is 11.4. The standard InChI is InChI=1S/C13H27N3.ClH/c1-11-9-16(6-5-15-11)10-13-4-2-3-12(7-13)8-14;/h11-13,15H,2-10,14H2,1H3;1H/t11?,12-,13+;/m0./s1. The number of halogens is 1. The minimum absolute atomic E-state index is 0. The molecule has 0 aromatic carbocycles. The van der Waals surface area contributed by atoms with Crippen molar-refractivity contribution in [2.75, 3.05) is 32.7 Å². The van der Waals surface area contributed by atoms with Gasteiger partial charge in [-0.05, 0) is 44.6 Å². The molecule has 1 unspecified atom stereocenters. The summed E-state index contributed by atoms with van der Waals surface area (Å²) in [6.07, 6.45) is 5.56. The lowest BCUT2D eigenvalue weighted by molar-refractivity contribution is 0.146. The third-order valence-electron chi connectivity index (χ3n) is 4.19. The molecular formula is C13H28ClN3. The van der Waals surface area contributed by atoms with Gasteiger partial charge in [0, 0.05) is 32.2 Å². The van der Waals surface area contributed by atoms with Crippen molar-refractivity contribution in [3.63, 3.8) is 0 Å². The fourth-order valence-electron chi connectivity index (χ4n) is 3.33.